The fourth-order valence-electron chi connectivity index (χ4n) is 1.64. The second kappa shape index (κ2) is 4.53. The lowest BCUT2D eigenvalue weighted by Gasteiger charge is -2.06. The maximum Gasteiger partial charge on any atom is 0.180 e. The fourth-order valence-corrected chi connectivity index (χ4v) is 2.35. The summed E-state index contributed by atoms with van der Waals surface area (Å²) in [6.45, 7) is 2.04. The molecule has 0 atom stereocenters. The Morgan fingerprint density at radius 1 is 1.38 bits per heavy atom. The Bertz CT molecular complexity index is 494. The highest BCUT2D eigenvalue weighted by molar-refractivity contribution is 7.15. The number of benzene rings is 1. The van der Waals surface area contributed by atoms with Crippen molar-refractivity contribution in [3.63, 3.8) is 0 Å². The Labute approximate surface area is 98.9 Å². The summed E-state index contributed by atoms with van der Waals surface area (Å²) >= 11 is 1.53. The summed E-state index contributed by atoms with van der Waals surface area (Å²) in [4.78, 5) is 5.49. The van der Waals surface area contributed by atoms with Crippen molar-refractivity contribution in [2.75, 3.05) is 12.8 Å². The number of nitrogens with two attached hydrogens (primary N) is 1. The lowest BCUT2D eigenvalue weighted by Crippen LogP contribution is -1.95. The van der Waals surface area contributed by atoms with E-state index in [0.29, 0.717) is 5.13 Å². The van der Waals surface area contributed by atoms with Crippen LogP contribution in [0.25, 0.3) is 0 Å². The average Bonchev–Trinajstić information content (AvgIpc) is 2.58. The molecular formula is C12H14N2OS. The van der Waals surface area contributed by atoms with Crippen molar-refractivity contribution < 1.29 is 4.74 Å². The van der Waals surface area contributed by atoms with Crippen molar-refractivity contribution in [1.82, 2.24) is 4.98 Å². The maximum absolute atomic E-state index is 5.68. The normalized spacial score (nSPS) is 10.4. The number of aryl methyl sites for hydroxylation is 1. The van der Waals surface area contributed by atoms with Crippen LogP contribution in [0.15, 0.2) is 24.3 Å². The van der Waals surface area contributed by atoms with Crippen molar-refractivity contribution in [2.24, 2.45) is 0 Å². The molecule has 3 nitrogen and oxygen atoms in total. The molecule has 4 heteroatoms. The van der Waals surface area contributed by atoms with Gasteiger partial charge < -0.3 is 10.5 Å². The first-order chi connectivity index (χ1) is 7.70. The van der Waals surface area contributed by atoms with E-state index < -0.39 is 0 Å². The van der Waals surface area contributed by atoms with E-state index in [2.05, 4.69) is 4.98 Å². The van der Waals surface area contributed by atoms with Crippen molar-refractivity contribution in [3.05, 3.63) is 40.4 Å². The molecule has 0 unspecified atom stereocenters. The molecular weight excluding hydrogens is 220 g/mol. The minimum atomic E-state index is 0.627. The van der Waals surface area contributed by atoms with Gasteiger partial charge in [0.05, 0.1) is 12.8 Å². The first-order valence-corrected chi connectivity index (χ1v) is 5.86. The zero-order chi connectivity index (χ0) is 11.5. The van der Waals surface area contributed by atoms with E-state index in [-0.39, 0.29) is 0 Å². The molecule has 0 fully saturated rings. The van der Waals surface area contributed by atoms with Crippen LogP contribution < -0.4 is 10.5 Å². The highest BCUT2D eigenvalue weighted by atomic mass is 32.1. The van der Waals surface area contributed by atoms with Crippen LogP contribution >= 0.6 is 11.3 Å². The number of rotatable bonds is 3. The van der Waals surface area contributed by atoms with Gasteiger partial charge in [0, 0.05) is 16.9 Å². The Hall–Kier alpha value is -1.55. The van der Waals surface area contributed by atoms with E-state index in [9.17, 15) is 0 Å². The molecule has 0 aliphatic heterocycles. The molecule has 16 heavy (non-hydrogen) atoms. The van der Waals surface area contributed by atoms with Gasteiger partial charge in [-0.3, -0.25) is 0 Å². The summed E-state index contributed by atoms with van der Waals surface area (Å²) in [5.41, 5.74) is 7.85. The molecule has 1 aromatic carbocycles. The average molecular weight is 234 g/mol. The second-order valence-electron chi connectivity index (χ2n) is 3.54. The van der Waals surface area contributed by atoms with Crippen LogP contribution in [0.4, 0.5) is 5.13 Å². The van der Waals surface area contributed by atoms with Gasteiger partial charge in [-0.25, -0.2) is 4.98 Å². The quantitative estimate of drug-likeness (QED) is 0.888. The molecule has 0 saturated heterocycles. The number of hydrogen-bond donors (Lipinski definition) is 1. The maximum atomic E-state index is 5.68. The van der Waals surface area contributed by atoms with Gasteiger partial charge in [0.2, 0.25) is 0 Å². The molecule has 1 aromatic heterocycles. The SMILES string of the molecule is COc1ccccc1Cc1nc(N)sc1C. The number of hydrogen-bond acceptors (Lipinski definition) is 4. The van der Waals surface area contributed by atoms with Crippen molar-refractivity contribution in [2.45, 2.75) is 13.3 Å². The number of nitrogen functional groups attached to an aromatic ring is 1. The molecule has 0 radical (unpaired) electrons. The highest BCUT2D eigenvalue weighted by Gasteiger charge is 2.09. The third-order valence-corrected chi connectivity index (χ3v) is 3.30. The van der Waals surface area contributed by atoms with Crippen LogP contribution in [0.2, 0.25) is 0 Å². The van der Waals surface area contributed by atoms with Crippen molar-refractivity contribution in [1.29, 1.82) is 0 Å². The molecule has 2 rings (SSSR count). The van der Waals surface area contributed by atoms with Crippen LogP contribution in [0, 0.1) is 6.92 Å². The van der Waals surface area contributed by atoms with Gasteiger partial charge in [0.25, 0.3) is 0 Å². The van der Waals surface area contributed by atoms with Gasteiger partial charge >= 0.3 is 0 Å². The topological polar surface area (TPSA) is 48.1 Å². The standard InChI is InChI=1S/C12H14N2OS/c1-8-10(14-12(13)16-8)7-9-5-3-4-6-11(9)15-2/h3-6H,7H2,1-2H3,(H2,13,14). The first kappa shape index (κ1) is 11.0. The third-order valence-electron chi connectivity index (χ3n) is 2.46. The molecule has 2 N–H and O–H groups in total. The van der Waals surface area contributed by atoms with Crippen LogP contribution in [-0.4, -0.2) is 12.1 Å². The Morgan fingerprint density at radius 2 is 2.12 bits per heavy atom. The van der Waals surface area contributed by atoms with Crippen LogP contribution in [0.3, 0.4) is 0 Å². The number of anilines is 1. The summed E-state index contributed by atoms with van der Waals surface area (Å²) in [5, 5.41) is 0.627. The summed E-state index contributed by atoms with van der Waals surface area (Å²) in [6.07, 6.45) is 0.767. The predicted molar refractivity (Wildman–Crippen MR) is 67.1 cm³/mol. The van der Waals surface area contributed by atoms with Crippen molar-refractivity contribution >= 4 is 16.5 Å². The fraction of sp³-hybridized carbons (Fsp3) is 0.250. The second-order valence-corrected chi connectivity index (χ2v) is 4.78. The Morgan fingerprint density at radius 3 is 2.75 bits per heavy atom. The molecule has 2 aromatic rings. The Balaban J connectivity index is 2.30. The largest absolute Gasteiger partial charge is 0.496 e. The predicted octanol–water partition coefficient (Wildman–Crippen LogP) is 2.63. The molecule has 0 spiro atoms. The number of thiazole rings is 1. The molecule has 0 aliphatic carbocycles. The van der Waals surface area contributed by atoms with E-state index in [1.54, 1.807) is 7.11 Å². The first-order valence-electron chi connectivity index (χ1n) is 5.04. The van der Waals surface area contributed by atoms with Gasteiger partial charge in [0.1, 0.15) is 5.75 Å². The molecule has 0 aliphatic rings. The lowest BCUT2D eigenvalue weighted by molar-refractivity contribution is 0.410. The molecule has 0 saturated carbocycles. The molecule has 0 amide bonds. The summed E-state index contributed by atoms with van der Waals surface area (Å²) in [5.74, 6) is 0.897. The highest BCUT2D eigenvalue weighted by Crippen LogP contribution is 2.25. The molecule has 0 bridgehead atoms. The zero-order valence-corrected chi connectivity index (χ0v) is 10.2. The van der Waals surface area contributed by atoms with E-state index in [4.69, 9.17) is 10.5 Å². The van der Waals surface area contributed by atoms with Crippen LogP contribution in [0.1, 0.15) is 16.1 Å². The summed E-state index contributed by atoms with van der Waals surface area (Å²) in [6, 6.07) is 7.97. The van der Waals surface area contributed by atoms with Gasteiger partial charge in [-0.05, 0) is 13.0 Å². The van der Waals surface area contributed by atoms with Gasteiger partial charge in [-0.2, -0.15) is 0 Å². The smallest absolute Gasteiger partial charge is 0.180 e. The van der Waals surface area contributed by atoms with Crippen molar-refractivity contribution in [3.8, 4) is 5.75 Å². The van der Waals surface area contributed by atoms with Gasteiger partial charge in [-0.15, -0.1) is 11.3 Å². The minimum absolute atomic E-state index is 0.627. The van der Waals surface area contributed by atoms with Gasteiger partial charge in [0.15, 0.2) is 5.13 Å². The number of methoxy groups -OCH3 is 1. The van der Waals surface area contributed by atoms with E-state index in [1.807, 2.05) is 31.2 Å². The number of nitrogens with zero attached hydrogens (tertiary/aromatic N) is 1. The number of aromatic nitrogens is 1. The summed E-state index contributed by atoms with van der Waals surface area (Å²) in [7, 11) is 1.68. The summed E-state index contributed by atoms with van der Waals surface area (Å²) < 4.78 is 5.31. The molecule has 84 valence electrons. The minimum Gasteiger partial charge on any atom is -0.496 e. The zero-order valence-electron chi connectivity index (χ0n) is 9.36. The number of ether oxygens (including phenoxy) is 1. The lowest BCUT2D eigenvalue weighted by atomic mass is 10.1. The van der Waals surface area contributed by atoms with E-state index in [1.165, 1.54) is 16.2 Å². The Kier molecular flexibility index (Phi) is 3.10. The van der Waals surface area contributed by atoms with E-state index in [0.717, 1.165) is 23.4 Å². The van der Waals surface area contributed by atoms with E-state index >= 15 is 0 Å². The number of para-hydroxylation sites is 1. The monoisotopic (exact) mass is 234 g/mol. The molecule has 1 heterocycles. The third kappa shape index (κ3) is 2.17. The van der Waals surface area contributed by atoms with Crippen LogP contribution in [0.5, 0.6) is 5.75 Å². The van der Waals surface area contributed by atoms with Gasteiger partial charge in [-0.1, -0.05) is 18.2 Å². The van der Waals surface area contributed by atoms with Crippen LogP contribution in [-0.2, 0) is 6.42 Å².